The highest BCUT2D eigenvalue weighted by molar-refractivity contribution is 5.28. The molecule has 0 bridgehead atoms. The number of hydrogen-bond acceptors (Lipinski definition) is 3. The molecule has 0 aliphatic carbocycles. The zero-order chi connectivity index (χ0) is 11.4. The first-order valence-electron chi connectivity index (χ1n) is 5.64. The fourth-order valence-corrected chi connectivity index (χ4v) is 1.96. The Kier molecular flexibility index (Phi) is 4.21. The molecule has 0 fully saturated rings. The summed E-state index contributed by atoms with van der Waals surface area (Å²) in [7, 11) is 0. The average Bonchev–Trinajstić information content (AvgIpc) is 2.16. The highest BCUT2D eigenvalue weighted by Crippen LogP contribution is 2.20. The minimum Gasteiger partial charge on any atom is -0.330 e. The summed E-state index contributed by atoms with van der Waals surface area (Å²) in [6.07, 6.45) is 2.05. The van der Waals surface area contributed by atoms with Gasteiger partial charge in [0.15, 0.2) is 0 Å². The monoisotopic (exact) mass is 207 g/mol. The fraction of sp³-hybridized carbons (Fsp3) is 0.667. The maximum Gasteiger partial charge on any atom is 0.128 e. The summed E-state index contributed by atoms with van der Waals surface area (Å²) in [5, 5.41) is 0. The number of aryl methyl sites for hydroxylation is 3. The lowest BCUT2D eigenvalue weighted by atomic mass is 9.98. The fourth-order valence-electron chi connectivity index (χ4n) is 1.96. The van der Waals surface area contributed by atoms with E-state index >= 15 is 0 Å². The van der Waals surface area contributed by atoms with E-state index < -0.39 is 0 Å². The first kappa shape index (κ1) is 12.1. The van der Waals surface area contributed by atoms with Crippen molar-refractivity contribution in [2.24, 2.45) is 5.73 Å². The van der Waals surface area contributed by atoms with E-state index in [1.165, 1.54) is 5.56 Å². The molecule has 0 radical (unpaired) electrons. The van der Waals surface area contributed by atoms with Gasteiger partial charge in [0.1, 0.15) is 5.82 Å². The van der Waals surface area contributed by atoms with Gasteiger partial charge in [0.2, 0.25) is 0 Å². The normalized spacial score (nSPS) is 12.9. The van der Waals surface area contributed by atoms with Crippen molar-refractivity contribution < 1.29 is 0 Å². The van der Waals surface area contributed by atoms with Crippen LogP contribution in [0.2, 0.25) is 0 Å². The van der Waals surface area contributed by atoms with Gasteiger partial charge in [0.25, 0.3) is 0 Å². The van der Waals surface area contributed by atoms with Crippen LogP contribution in [-0.4, -0.2) is 16.5 Å². The number of nitrogens with two attached hydrogens (primary N) is 1. The Balaban J connectivity index is 3.09. The summed E-state index contributed by atoms with van der Waals surface area (Å²) in [6, 6.07) is 0. The van der Waals surface area contributed by atoms with Gasteiger partial charge in [0.05, 0.1) is 0 Å². The largest absolute Gasteiger partial charge is 0.330 e. The Bertz CT molecular complexity index is 311. The number of nitrogens with zero attached hydrogens (tertiary/aromatic N) is 2. The molecule has 1 aromatic rings. The van der Waals surface area contributed by atoms with Crippen LogP contribution in [0.25, 0.3) is 0 Å². The molecule has 1 heterocycles. The van der Waals surface area contributed by atoms with Crippen molar-refractivity contribution >= 4 is 0 Å². The lowest BCUT2D eigenvalue weighted by molar-refractivity contribution is 0.723. The Labute approximate surface area is 92.1 Å². The van der Waals surface area contributed by atoms with Gasteiger partial charge in [-0.3, -0.25) is 0 Å². The van der Waals surface area contributed by atoms with Crippen LogP contribution < -0.4 is 5.73 Å². The maximum atomic E-state index is 5.68. The van der Waals surface area contributed by atoms with E-state index in [9.17, 15) is 0 Å². The molecule has 0 aromatic carbocycles. The van der Waals surface area contributed by atoms with Crippen molar-refractivity contribution in [2.75, 3.05) is 6.54 Å². The molecule has 0 amide bonds. The summed E-state index contributed by atoms with van der Waals surface area (Å²) in [5.74, 6) is 1.31. The molecule has 1 unspecified atom stereocenters. The van der Waals surface area contributed by atoms with Gasteiger partial charge in [-0.05, 0) is 38.3 Å². The average molecular weight is 207 g/mol. The van der Waals surface area contributed by atoms with Crippen molar-refractivity contribution in [1.29, 1.82) is 0 Å². The molecular weight excluding hydrogens is 186 g/mol. The number of aromatic nitrogens is 2. The van der Waals surface area contributed by atoms with Crippen LogP contribution >= 0.6 is 0 Å². The highest BCUT2D eigenvalue weighted by atomic mass is 14.9. The number of rotatable bonds is 4. The van der Waals surface area contributed by atoms with Crippen LogP contribution in [-0.2, 0) is 6.42 Å². The molecule has 1 aromatic heterocycles. The molecule has 1 atom stereocenters. The van der Waals surface area contributed by atoms with E-state index in [2.05, 4.69) is 37.7 Å². The third kappa shape index (κ3) is 2.75. The predicted molar refractivity (Wildman–Crippen MR) is 63.0 cm³/mol. The minimum absolute atomic E-state index is 0.348. The SMILES string of the molecule is CCCc1nc(C)c(C(C)CN)c(C)n1. The van der Waals surface area contributed by atoms with Crippen LogP contribution in [0.4, 0.5) is 0 Å². The minimum atomic E-state index is 0.348. The Morgan fingerprint density at radius 2 is 1.73 bits per heavy atom. The predicted octanol–water partition coefficient (Wildman–Crippen LogP) is 2.11. The molecule has 0 spiro atoms. The molecule has 0 aliphatic rings. The third-order valence-corrected chi connectivity index (χ3v) is 2.69. The van der Waals surface area contributed by atoms with Crippen molar-refractivity contribution in [3.8, 4) is 0 Å². The van der Waals surface area contributed by atoms with Gasteiger partial charge in [0, 0.05) is 17.8 Å². The van der Waals surface area contributed by atoms with Crippen LogP contribution in [0.3, 0.4) is 0 Å². The lowest BCUT2D eigenvalue weighted by Gasteiger charge is -2.15. The summed E-state index contributed by atoms with van der Waals surface area (Å²) in [6.45, 7) is 9.02. The second-order valence-electron chi connectivity index (χ2n) is 4.11. The third-order valence-electron chi connectivity index (χ3n) is 2.69. The van der Waals surface area contributed by atoms with E-state index in [1.807, 2.05) is 0 Å². The zero-order valence-electron chi connectivity index (χ0n) is 10.2. The van der Waals surface area contributed by atoms with Crippen LogP contribution in [0.15, 0.2) is 0 Å². The standard InChI is InChI=1S/C12H21N3/c1-5-6-11-14-9(3)12(8(2)7-13)10(4)15-11/h8H,5-7,13H2,1-4H3. The van der Waals surface area contributed by atoms with E-state index in [-0.39, 0.29) is 0 Å². The van der Waals surface area contributed by atoms with Crippen molar-refractivity contribution in [3.05, 3.63) is 22.8 Å². The van der Waals surface area contributed by atoms with Crippen LogP contribution in [0.1, 0.15) is 49.0 Å². The molecule has 0 aliphatic heterocycles. The first-order chi connectivity index (χ1) is 7.10. The zero-order valence-corrected chi connectivity index (χ0v) is 10.2. The van der Waals surface area contributed by atoms with Gasteiger partial charge in [-0.15, -0.1) is 0 Å². The summed E-state index contributed by atoms with van der Waals surface area (Å²) in [5.41, 5.74) is 9.08. The van der Waals surface area contributed by atoms with Crippen molar-refractivity contribution in [1.82, 2.24) is 9.97 Å². The van der Waals surface area contributed by atoms with Gasteiger partial charge in [-0.2, -0.15) is 0 Å². The molecule has 3 heteroatoms. The Morgan fingerprint density at radius 1 is 1.20 bits per heavy atom. The maximum absolute atomic E-state index is 5.68. The van der Waals surface area contributed by atoms with E-state index in [0.29, 0.717) is 12.5 Å². The van der Waals surface area contributed by atoms with E-state index in [4.69, 9.17) is 5.73 Å². The molecule has 15 heavy (non-hydrogen) atoms. The Morgan fingerprint density at radius 3 is 2.13 bits per heavy atom. The van der Waals surface area contributed by atoms with Crippen molar-refractivity contribution in [2.45, 2.75) is 46.5 Å². The van der Waals surface area contributed by atoms with Gasteiger partial charge in [-0.25, -0.2) is 9.97 Å². The van der Waals surface area contributed by atoms with Gasteiger partial charge < -0.3 is 5.73 Å². The van der Waals surface area contributed by atoms with Crippen LogP contribution in [0.5, 0.6) is 0 Å². The smallest absolute Gasteiger partial charge is 0.128 e. The molecule has 84 valence electrons. The van der Waals surface area contributed by atoms with Crippen LogP contribution in [0, 0.1) is 13.8 Å². The molecule has 0 saturated heterocycles. The van der Waals surface area contributed by atoms with E-state index in [1.54, 1.807) is 0 Å². The number of hydrogen-bond donors (Lipinski definition) is 1. The van der Waals surface area contributed by atoms with Gasteiger partial charge in [-0.1, -0.05) is 13.8 Å². The molecule has 0 saturated carbocycles. The second kappa shape index (κ2) is 5.21. The summed E-state index contributed by atoms with van der Waals surface area (Å²) >= 11 is 0. The molecular formula is C12H21N3. The quantitative estimate of drug-likeness (QED) is 0.822. The van der Waals surface area contributed by atoms with E-state index in [0.717, 1.165) is 30.1 Å². The second-order valence-corrected chi connectivity index (χ2v) is 4.11. The Hall–Kier alpha value is -0.960. The first-order valence-corrected chi connectivity index (χ1v) is 5.64. The topological polar surface area (TPSA) is 51.8 Å². The highest BCUT2D eigenvalue weighted by Gasteiger charge is 2.13. The molecule has 2 N–H and O–H groups in total. The lowest BCUT2D eigenvalue weighted by Crippen LogP contribution is -2.14. The van der Waals surface area contributed by atoms with Gasteiger partial charge >= 0.3 is 0 Å². The summed E-state index contributed by atoms with van der Waals surface area (Å²) in [4.78, 5) is 9.05. The van der Waals surface area contributed by atoms with Crippen molar-refractivity contribution in [3.63, 3.8) is 0 Å². The molecule has 1 rings (SSSR count). The molecule has 3 nitrogen and oxygen atoms in total. The summed E-state index contributed by atoms with van der Waals surface area (Å²) < 4.78 is 0.